The van der Waals surface area contributed by atoms with Crippen LogP contribution in [0.5, 0.6) is 0 Å². The van der Waals surface area contributed by atoms with Gasteiger partial charge in [-0.2, -0.15) is 4.98 Å². The van der Waals surface area contributed by atoms with Crippen LogP contribution in [0.2, 0.25) is 0 Å². The van der Waals surface area contributed by atoms with Crippen molar-refractivity contribution in [3.8, 4) is 0 Å². The summed E-state index contributed by atoms with van der Waals surface area (Å²) in [6.45, 7) is 0. The quantitative estimate of drug-likeness (QED) is 0.253. The van der Waals surface area contributed by atoms with E-state index >= 15 is 0 Å². The van der Waals surface area contributed by atoms with Crippen LogP contribution < -0.4 is 0 Å². The van der Waals surface area contributed by atoms with Crippen LogP contribution in [0.4, 0.5) is 0 Å². The number of pyridine rings is 3. The van der Waals surface area contributed by atoms with Crippen molar-refractivity contribution in [2.45, 2.75) is 0 Å². The van der Waals surface area contributed by atoms with Crippen molar-refractivity contribution >= 4 is 55.2 Å². The molecule has 0 spiro atoms. The average Bonchev–Trinajstić information content (AvgIpc) is 3.77. The summed E-state index contributed by atoms with van der Waals surface area (Å²) in [7, 11) is 1.96. The normalized spacial score (nSPS) is 10.3. The lowest BCUT2D eigenvalue weighted by molar-refractivity contribution is 0.602. The van der Waals surface area contributed by atoms with Gasteiger partial charge in [0.05, 0.1) is 22.1 Å². The smallest absolute Gasteiger partial charge is 0.198 e. The molecule has 11 heteroatoms. The Morgan fingerprint density at radius 1 is 0.622 bits per heavy atom. The molecule has 7 aromatic heterocycles. The van der Waals surface area contributed by atoms with E-state index in [1.54, 1.807) is 41.8 Å². The van der Waals surface area contributed by atoms with E-state index in [9.17, 15) is 0 Å². The number of aromatic nitrogens is 8. The van der Waals surface area contributed by atoms with E-state index in [0.29, 0.717) is 5.65 Å². The molecule has 37 heavy (non-hydrogen) atoms. The van der Waals surface area contributed by atoms with Crippen molar-refractivity contribution in [2.75, 3.05) is 0 Å². The number of oxazole rings is 2. The summed E-state index contributed by atoms with van der Waals surface area (Å²) in [5, 5.41) is 0. The minimum absolute atomic E-state index is 0.664. The number of imidazole rings is 1. The molecular weight excluding hydrogens is 488 g/mol. The van der Waals surface area contributed by atoms with E-state index in [-0.39, 0.29) is 0 Å². The first-order valence-electron chi connectivity index (χ1n) is 11.1. The monoisotopic (exact) mass is 508 g/mol. The Kier molecular flexibility index (Phi) is 7.43. The zero-order valence-electron chi connectivity index (χ0n) is 19.6. The van der Waals surface area contributed by atoms with Gasteiger partial charge in [0, 0.05) is 25.6 Å². The average molecular weight is 509 g/mol. The summed E-state index contributed by atoms with van der Waals surface area (Å²) in [4.78, 5) is 27.9. The summed E-state index contributed by atoms with van der Waals surface area (Å²) in [5.74, 6) is 0. The molecule has 0 atom stereocenters. The van der Waals surface area contributed by atoms with Gasteiger partial charge in [0.15, 0.2) is 40.9 Å². The van der Waals surface area contributed by atoms with Crippen LogP contribution >= 0.6 is 11.3 Å². The molecule has 10 nitrogen and oxygen atoms in total. The predicted octanol–water partition coefficient (Wildman–Crippen LogP) is 5.71. The molecular formula is C26H20N8O2S. The molecule has 0 aliphatic rings. The Labute approximate surface area is 214 Å². The van der Waals surface area contributed by atoms with Gasteiger partial charge in [0.25, 0.3) is 0 Å². The molecule has 8 rings (SSSR count). The number of aryl methyl sites for hydroxylation is 1. The van der Waals surface area contributed by atoms with Crippen molar-refractivity contribution in [2.24, 2.45) is 7.05 Å². The van der Waals surface area contributed by atoms with Crippen LogP contribution in [0.25, 0.3) is 43.8 Å². The Bertz CT molecular complexity index is 1590. The van der Waals surface area contributed by atoms with Crippen LogP contribution in [0.1, 0.15) is 0 Å². The van der Waals surface area contributed by atoms with Gasteiger partial charge < -0.3 is 13.4 Å². The highest BCUT2D eigenvalue weighted by Gasteiger charge is 1.96. The summed E-state index contributed by atoms with van der Waals surface area (Å²) >= 11 is 1.61. The molecule has 0 unspecified atom stereocenters. The fraction of sp³-hybridized carbons (Fsp3) is 0.0385. The number of nitrogens with zero attached hydrogens (tertiary/aromatic N) is 8. The largest absolute Gasteiger partial charge is 0.443 e. The van der Waals surface area contributed by atoms with E-state index in [0.717, 1.165) is 38.2 Å². The number of rotatable bonds is 0. The molecule has 0 N–H and O–H groups in total. The third kappa shape index (κ3) is 5.97. The number of para-hydroxylation sites is 2. The summed E-state index contributed by atoms with van der Waals surface area (Å²) in [6, 6.07) is 19.1. The number of thiazole rings is 1. The van der Waals surface area contributed by atoms with Gasteiger partial charge >= 0.3 is 0 Å². The minimum atomic E-state index is 0.664. The first kappa shape index (κ1) is 23.7. The van der Waals surface area contributed by atoms with E-state index in [2.05, 4.69) is 34.9 Å². The maximum atomic E-state index is 5.01. The Morgan fingerprint density at radius 3 is 2.14 bits per heavy atom. The van der Waals surface area contributed by atoms with E-state index in [1.165, 1.54) is 12.8 Å². The van der Waals surface area contributed by atoms with Crippen LogP contribution in [-0.4, -0.2) is 39.5 Å². The zero-order chi connectivity index (χ0) is 25.3. The molecule has 0 aliphatic heterocycles. The highest BCUT2D eigenvalue weighted by Crippen LogP contribution is 2.13. The van der Waals surface area contributed by atoms with Crippen LogP contribution in [0.15, 0.2) is 113 Å². The zero-order valence-corrected chi connectivity index (χ0v) is 20.4. The maximum Gasteiger partial charge on any atom is 0.198 e. The van der Waals surface area contributed by atoms with Gasteiger partial charge in [0.1, 0.15) is 5.52 Å². The van der Waals surface area contributed by atoms with Gasteiger partial charge in [-0.25, -0.2) is 29.9 Å². The Morgan fingerprint density at radius 2 is 1.32 bits per heavy atom. The first-order chi connectivity index (χ1) is 18.3. The van der Waals surface area contributed by atoms with Gasteiger partial charge in [-0.05, 0) is 48.5 Å². The number of benzene rings is 1. The van der Waals surface area contributed by atoms with Gasteiger partial charge in [-0.15, -0.1) is 11.3 Å². The Hall–Kier alpha value is -5.03. The molecule has 1 aromatic carbocycles. The maximum absolute atomic E-state index is 5.01. The molecule has 0 fully saturated rings. The van der Waals surface area contributed by atoms with Crippen LogP contribution in [0.3, 0.4) is 0 Å². The molecule has 0 aliphatic carbocycles. The molecule has 0 bridgehead atoms. The first-order valence-corrected chi connectivity index (χ1v) is 11.9. The fourth-order valence-corrected chi connectivity index (χ4v) is 3.81. The van der Waals surface area contributed by atoms with Crippen molar-refractivity contribution in [1.29, 1.82) is 0 Å². The second kappa shape index (κ2) is 11.6. The highest BCUT2D eigenvalue weighted by molar-refractivity contribution is 7.16. The number of hydrogen-bond donors (Lipinski definition) is 0. The molecule has 0 radical (unpaired) electrons. The second-order valence-corrected chi connectivity index (χ2v) is 8.26. The molecule has 0 amide bonds. The van der Waals surface area contributed by atoms with Crippen LogP contribution in [-0.2, 0) is 7.05 Å². The van der Waals surface area contributed by atoms with Crippen molar-refractivity contribution < 1.29 is 8.83 Å². The van der Waals surface area contributed by atoms with E-state index in [1.807, 2.05) is 72.3 Å². The molecule has 0 saturated carbocycles. The number of hydrogen-bond acceptors (Lipinski definition) is 10. The molecule has 0 saturated heterocycles. The fourth-order valence-electron chi connectivity index (χ4n) is 3.18. The Balaban J connectivity index is 0.000000101. The lowest BCUT2D eigenvalue weighted by Gasteiger charge is -1.89. The second-order valence-electron chi connectivity index (χ2n) is 7.38. The lowest BCUT2D eigenvalue weighted by Crippen LogP contribution is -1.82. The van der Waals surface area contributed by atoms with E-state index in [4.69, 9.17) is 8.83 Å². The van der Waals surface area contributed by atoms with Crippen molar-refractivity contribution in [3.05, 3.63) is 104 Å². The standard InChI is InChI=1S/C7H7N3.C7H5NO.C6H4N2O.C6H4N2S/c1-10-5-9-7-6(10)3-2-4-8-7;1-2-4-7-6(3-1)8-5-9-7;2*1-2-5-6(7-3-1)8-4-9-5/h2-5H,1H3;1-5H;2*1-4H. The van der Waals surface area contributed by atoms with Gasteiger partial charge in [-0.1, -0.05) is 12.1 Å². The summed E-state index contributed by atoms with van der Waals surface area (Å²) in [6.07, 6.45) is 9.78. The minimum Gasteiger partial charge on any atom is -0.443 e. The van der Waals surface area contributed by atoms with E-state index < -0.39 is 0 Å². The third-order valence-electron chi connectivity index (χ3n) is 4.95. The molecule has 8 aromatic rings. The molecule has 7 heterocycles. The number of fused-ring (bicyclic) bond motifs is 4. The summed E-state index contributed by atoms with van der Waals surface area (Å²) in [5.41, 5.74) is 7.69. The summed E-state index contributed by atoms with van der Waals surface area (Å²) < 4.78 is 13.0. The highest BCUT2D eigenvalue weighted by atomic mass is 32.1. The SMILES string of the molecule is Cn1cnc2ncccc21.c1ccc2ocnc2c1.c1cnc2ncoc2c1.c1cnc2ncsc2c1. The van der Waals surface area contributed by atoms with Crippen molar-refractivity contribution in [3.63, 3.8) is 0 Å². The third-order valence-corrected chi connectivity index (χ3v) is 5.73. The topological polar surface area (TPSA) is 121 Å². The lowest BCUT2D eigenvalue weighted by atomic mass is 10.3. The van der Waals surface area contributed by atoms with Crippen molar-refractivity contribution in [1.82, 2.24) is 39.5 Å². The van der Waals surface area contributed by atoms with Gasteiger partial charge in [-0.3, -0.25) is 0 Å². The predicted molar refractivity (Wildman–Crippen MR) is 142 cm³/mol. The van der Waals surface area contributed by atoms with Gasteiger partial charge in [0.2, 0.25) is 0 Å². The molecule has 182 valence electrons. The van der Waals surface area contributed by atoms with Crippen LogP contribution in [0, 0.1) is 0 Å².